The quantitative estimate of drug-likeness (QED) is 0.482. The van der Waals surface area contributed by atoms with E-state index in [1.807, 2.05) is 41.5 Å². The Bertz CT molecular complexity index is 229. The summed E-state index contributed by atoms with van der Waals surface area (Å²) in [6.45, 7) is 18.9. The van der Waals surface area contributed by atoms with Gasteiger partial charge >= 0.3 is 0 Å². The maximum atomic E-state index is 6.00. The number of hydrogen-bond acceptors (Lipinski definition) is 4. The second-order valence-electron chi connectivity index (χ2n) is 8.66. The molecular weight excluding hydrogens is 280 g/mol. The van der Waals surface area contributed by atoms with E-state index < -0.39 is 0 Å². The molecule has 0 amide bonds. The minimum Gasteiger partial charge on any atom is -0.255 e. The molecule has 2 N–H and O–H groups in total. The third-order valence-corrected chi connectivity index (χ3v) is 3.54. The van der Waals surface area contributed by atoms with E-state index in [0.717, 1.165) is 17.8 Å². The zero-order valence-corrected chi connectivity index (χ0v) is 16.3. The van der Waals surface area contributed by atoms with Crippen molar-refractivity contribution in [2.45, 2.75) is 99.2 Å². The molecule has 0 atom stereocenters. The molecule has 1 rings (SSSR count). The van der Waals surface area contributed by atoms with Gasteiger partial charge < -0.3 is 0 Å². The first-order valence-electron chi connectivity index (χ1n) is 8.47. The third-order valence-electron chi connectivity index (χ3n) is 3.54. The van der Waals surface area contributed by atoms with E-state index in [0.29, 0.717) is 0 Å². The van der Waals surface area contributed by atoms with Crippen molar-refractivity contribution in [3.63, 3.8) is 0 Å². The van der Waals surface area contributed by atoms with Crippen LogP contribution in [-0.2, 0) is 9.78 Å². The Morgan fingerprint density at radius 1 is 0.773 bits per heavy atom. The lowest BCUT2D eigenvalue weighted by Crippen LogP contribution is -2.27. The van der Waals surface area contributed by atoms with Gasteiger partial charge in [-0.2, -0.15) is 0 Å². The molecule has 0 spiro atoms. The summed E-state index contributed by atoms with van der Waals surface area (Å²) in [4.78, 5) is 10.2. The van der Waals surface area contributed by atoms with Gasteiger partial charge in [0, 0.05) is 0 Å². The van der Waals surface area contributed by atoms with Gasteiger partial charge in [0.15, 0.2) is 0 Å². The number of rotatable bonds is 2. The molecule has 0 aliphatic heterocycles. The fourth-order valence-corrected chi connectivity index (χ4v) is 2.20. The topological polar surface area (TPSA) is 58.9 Å². The molecule has 1 fully saturated rings. The first-order valence-corrected chi connectivity index (χ1v) is 8.47. The molecule has 0 heterocycles. The van der Waals surface area contributed by atoms with Crippen LogP contribution in [-0.4, -0.2) is 21.7 Å². The minimum atomic E-state index is -0.215. The van der Waals surface area contributed by atoms with E-state index in [1.54, 1.807) is 0 Å². The summed E-state index contributed by atoms with van der Waals surface area (Å²) in [5, 5.41) is 12.0. The molecule has 0 unspecified atom stereocenters. The second-order valence-corrected chi connectivity index (χ2v) is 8.66. The Morgan fingerprint density at radius 2 is 1.09 bits per heavy atom. The predicted molar refractivity (Wildman–Crippen MR) is 92.9 cm³/mol. The van der Waals surface area contributed by atoms with Gasteiger partial charge in [-0.15, -0.1) is 0 Å². The molecule has 0 aromatic rings. The number of hydrogen-bond donors (Lipinski definition) is 2. The zero-order chi connectivity index (χ0) is 18.0. The predicted octanol–water partition coefficient (Wildman–Crippen LogP) is 6.02. The molecule has 0 aromatic carbocycles. The Hall–Kier alpha value is -0.160. The van der Waals surface area contributed by atoms with Crippen molar-refractivity contribution < 1.29 is 20.3 Å². The van der Waals surface area contributed by atoms with Crippen LogP contribution in [0.5, 0.6) is 0 Å². The monoisotopic (exact) mass is 320 g/mol. The lowest BCUT2D eigenvalue weighted by molar-refractivity contribution is -0.393. The van der Waals surface area contributed by atoms with Crippen LogP contribution in [0.2, 0.25) is 0 Å². The first-order chi connectivity index (χ1) is 9.91. The fourth-order valence-electron chi connectivity index (χ4n) is 2.20. The Labute approximate surface area is 138 Å². The van der Waals surface area contributed by atoms with E-state index in [9.17, 15) is 0 Å². The Morgan fingerprint density at radius 3 is 1.32 bits per heavy atom. The highest BCUT2D eigenvalue weighted by atomic mass is 17.2. The van der Waals surface area contributed by atoms with E-state index in [1.165, 1.54) is 25.7 Å². The van der Waals surface area contributed by atoms with Gasteiger partial charge in [0.1, 0.15) is 0 Å². The average molecular weight is 321 g/mol. The van der Waals surface area contributed by atoms with Crippen LogP contribution < -0.4 is 0 Å². The van der Waals surface area contributed by atoms with E-state index >= 15 is 0 Å². The van der Waals surface area contributed by atoms with Crippen molar-refractivity contribution >= 4 is 0 Å². The standard InChI is InChI=1S/C10H20.C8H18O2.H2O2/c1-8(2)10-6-4-9(3)5-7-10;1-7(2,3)9-10-8(4,5)6;1-2/h8-10H,4-7H2,1-3H3;1-6H3;1-2H. The minimum absolute atomic E-state index is 0.215. The summed E-state index contributed by atoms with van der Waals surface area (Å²) < 4.78 is 0. The van der Waals surface area contributed by atoms with Gasteiger partial charge in [-0.3, -0.25) is 10.5 Å². The molecule has 136 valence electrons. The molecule has 4 heteroatoms. The second kappa shape index (κ2) is 11.4. The van der Waals surface area contributed by atoms with Gasteiger partial charge in [0.05, 0.1) is 11.2 Å². The smallest absolute Gasteiger partial charge is 0.0952 e. The molecule has 1 saturated carbocycles. The molecule has 4 nitrogen and oxygen atoms in total. The van der Waals surface area contributed by atoms with Crippen LogP contribution >= 0.6 is 0 Å². The molecular formula is C18H40O4. The Balaban J connectivity index is 0. The summed E-state index contributed by atoms with van der Waals surface area (Å²) in [5.74, 6) is 2.97. The third kappa shape index (κ3) is 16.2. The van der Waals surface area contributed by atoms with Gasteiger partial charge in [-0.1, -0.05) is 33.6 Å². The van der Waals surface area contributed by atoms with Crippen LogP contribution in [0.25, 0.3) is 0 Å². The van der Waals surface area contributed by atoms with Gasteiger partial charge in [0.25, 0.3) is 0 Å². The summed E-state index contributed by atoms with van der Waals surface area (Å²) in [6, 6.07) is 0. The SMILES string of the molecule is CC(C)(C)OOC(C)(C)C.CC1CCC(C(C)C)CC1.OO. The highest BCUT2D eigenvalue weighted by molar-refractivity contribution is 4.71. The van der Waals surface area contributed by atoms with Crippen molar-refractivity contribution in [3.05, 3.63) is 0 Å². The highest BCUT2D eigenvalue weighted by Crippen LogP contribution is 2.32. The molecule has 1 aliphatic rings. The van der Waals surface area contributed by atoms with Crippen molar-refractivity contribution in [2.75, 3.05) is 0 Å². The summed E-state index contributed by atoms with van der Waals surface area (Å²) in [6.07, 6.45) is 5.92. The molecule has 0 saturated heterocycles. The molecule has 1 aliphatic carbocycles. The fraction of sp³-hybridized carbons (Fsp3) is 1.00. The lowest BCUT2D eigenvalue weighted by Gasteiger charge is -2.28. The van der Waals surface area contributed by atoms with Crippen LogP contribution in [0.1, 0.15) is 88.0 Å². The molecule has 22 heavy (non-hydrogen) atoms. The zero-order valence-electron chi connectivity index (χ0n) is 16.3. The molecule has 0 radical (unpaired) electrons. The summed E-state index contributed by atoms with van der Waals surface area (Å²) in [5.41, 5.74) is -0.430. The maximum absolute atomic E-state index is 6.00. The normalized spacial score (nSPS) is 22.4. The first kappa shape index (κ1) is 24.1. The molecule has 0 bridgehead atoms. The van der Waals surface area contributed by atoms with Gasteiger partial charge in [-0.05, 0) is 72.1 Å². The van der Waals surface area contributed by atoms with E-state index in [4.69, 9.17) is 20.3 Å². The molecule has 0 aromatic heterocycles. The maximum Gasteiger partial charge on any atom is 0.0952 e. The van der Waals surface area contributed by atoms with Crippen molar-refractivity contribution in [3.8, 4) is 0 Å². The van der Waals surface area contributed by atoms with Crippen molar-refractivity contribution in [1.82, 2.24) is 0 Å². The van der Waals surface area contributed by atoms with Gasteiger partial charge in [0.2, 0.25) is 0 Å². The van der Waals surface area contributed by atoms with Gasteiger partial charge in [-0.25, -0.2) is 9.78 Å². The van der Waals surface area contributed by atoms with Crippen molar-refractivity contribution in [1.29, 1.82) is 0 Å². The average Bonchev–Trinajstić information content (AvgIpc) is 2.39. The van der Waals surface area contributed by atoms with E-state index in [2.05, 4.69) is 20.8 Å². The van der Waals surface area contributed by atoms with Crippen LogP contribution in [0, 0.1) is 17.8 Å². The largest absolute Gasteiger partial charge is 0.255 e. The van der Waals surface area contributed by atoms with Crippen molar-refractivity contribution in [2.24, 2.45) is 17.8 Å². The highest BCUT2D eigenvalue weighted by Gasteiger charge is 2.20. The summed E-state index contributed by atoms with van der Waals surface area (Å²) >= 11 is 0. The van der Waals surface area contributed by atoms with Crippen LogP contribution in [0.15, 0.2) is 0 Å². The lowest BCUT2D eigenvalue weighted by atomic mass is 9.78. The van der Waals surface area contributed by atoms with E-state index in [-0.39, 0.29) is 11.2 Å². The van der Waals surface area contributed by atoms with Crippen LogP contribution in [0.4, 0.5) is 0 Å². The summed E-state index contributed by atoms with van der Waals surface area (Å²) in [7, 11) is 0. The Kier molecular flexibility index (Phi) is 12.5. The van der Waals surface area contributed by atoms with Crippen LogP contribution in [0.3, 0.4) is 0 Å².